The van der Waals surface area contributed by atoms with E-state index in [0.717, 1.165) is 19.3 Å². The number of hydrogen-bond donors (Lipinski definition) is 1. The monoisotopic (exact) mass is 182 g/mol. The summed E-state index contributed by atoms with van der Waals surface area (Å²) >= 11 is 0. The van der Waals surface area contributed by atoms with Crippen LogP contribution in [0.5, 0.6) is 0 Å². The predicted octanol–water partition coefficient (Wildman–Crippen LogP) is 1.36. The van der Waals surface area contributed by atoms with Gasteiger partial charge in [-0.05, 0) is 12.8 Å². The zero-order valence-electron chi connectivity index (χ0n) is 8.35. The van der Waals surface area contributed by atoms with E-state index in [1.54, 1.807) is 12.7 Å². The van der Waals surface area contributed by atoms with E-state index in [1.807, 2.05) is 4.68 Å². The molecule has 74 valence electrons. The fourth-order valence-corrected chi connectivity index (χ4v) is 1.60. The van der Waals surface area contributed by atoms with E-state index in [0.29, 0.717) is 6.04 Å². The second-order valence-corrected chi connectivity index (χ2v) is 3.30. The molecule has 0 bridgehead atoms. The van der Waals surface area contributed by atoms with E-state index >= 15 is 0 Å². The number of rotatable bonds is 5. The van der Waals surface area contributed by atoms with Crippen LogP contribution in [0.3, 0.4) is 0 Å². The molecule has 0 amide bonds. The van der Waals surface area contributed by atoms with Gasteiger partial charge in [0.15, 0.2) is 0 Å². The molecule has 0 aliphatic carbocycles. The van der Waals surface area contributed by atoms with Gasteiger partial charge in [-0.25, -0.2) is 9.67 Å². The number of nitrogens with two attached hydrogens (primary N) is 1. The SMILES string of the molecule is CCCC(N)C(CC)n1cncn1. The minimum Gasteiger partial charge on any atom is -0.326 e. The van der Waals surface area contributed by atoms with Crippen LogP contribution in [0, 0.1) is 0 Å². The molecule has 2 atom stereocenters. The van der Waals surface area contributed by atoms with Crippen molar-refractivity contribution in [2.24, 2.45) is 5.73 Å². The summed E-state index contributed by atoms with van der Waals surface area (Å²) in [5.41, 5.74) is 6.04. The molecule has 0 saturated carbocycles. The summed E-state index contributed by atoms with van der Waals surface area (Å²) in [5.74, 6) is 0. The van der Waals surface area contributed by atoms with Crippen molar-refractivity contribution in [1.29, 1.82) is 0 Å². The average Bonchev–Trinajstić information content (AvgIpc) is 2.59. The maximum Gasteiger partial charge on any atom is 0.137 e. The minimum atomic E-state index is 0.191. The van der Waals surface area contributed by atoms with Crippen LogP contribution < -0.4 is 5.73 Å². The summed E-state index contributed by atoms with van der Waals surface area (Å²) in [5, 5.41) is 4.12. The molecule has 0 aromatic carbocycles. The van der Waals surface area contributed by atoms with Crippen LogP contribution in [0.15, 0.2) is 12.7 Å². The Labute approximate surface area is 79.2 Å². The normalized spacial score (nSPS) is 15.6. The van der Waals surface area contributed by atoms with Gasteiger partial charge in [-0.3, -0.25) is 0 Å². The summed E-state index contributed by atoms with van der Waals surface area (Å²) in [6, 6.07) is 0.485. The van der Waals surface area contributed by atoms with E-state index in [9.17, 15) is 0 Å². The van der Waals surface area contributed by atoms with E-state index in [-0.39, 0.29) is 6.04 Å². The molecule has 13 heavy (non-hydrogen) atoms. The van der Waals surface area contributed by atoms with Gasteiger partial charge in [0.1, 0.15) is 12.7 Å². The Hall–Kier alpha value is -0.900. The molecule has 0 aliphatic rings. The van der Waals surface area contributed by atoms with Gasteiger partial charge in [0.05, 0.1) is 6.04 Å². The van der Waals surface area contributed by atoms with Crippen LogP contribution in [-0.2, 0) is 0 Å². The summed E-state index contributed by atoms with van der Waals surface area (Å²) in [6.07, 6.45) is 6.46. The fourth-order valence-electron chi connectivity index (χ4n) is 1.60. The molecule has 0 aliphatic heterocycles. The second-order valence-electron chi connectivity index (χ2n) is 3.30. The summed E-state index contributed by atoms with van der Waals surface area (Å²) < 4.78 is 1.86. The molecule has 0 fully saturated rings. The lowest BCUT2D eigenvalue weighted by Gasteiger charge is -2.21. The van der Waals surface area contributed by atoms with Crippen molar-refractivity contribution in [2.75, 3.05) is 0 Å². The molecule has 1 aromatic heterocycles. The average molecular weight is 182 g/mol. The van der Waals surface area contributed by atoms with Crippen molar-refractivity contribution in [1.82, 2.24) is 14.8 Å². The van der Waals surface area contributed by atoms with Gasteiger partial charge in [-0.2, -0.15) is 5.10 Å². The second kappa shape index (κ2) is 4.97. The smallest absolute Gasteiger partial charge is 0.137 e. The van der Waals surface area contributed by atoms with Crippen molar-refractivity contribution in [3.63, 3.8) is 0 Å². The van der Waals surface area contributed by atoms with Crippen LogP contribution >= 0.6 is 0 Å². The zero-order chi connectivity index (χ0) is 9.68. The molecular formula is C9H18N4. The molecule has 4 nitrogen and oxygen atoms in total. The Balaban J connectivity index is 2.62. The predicted molar refractivity (Wildman–Crippen MR) is 52.2 cm³/mol. The lowest BCUT2D eigenvalue weighted by Crippen LogP contribution is -2.32. The van der Waals surface area contributed by atoms with Gasteiger partial charge in [0, 0.05) is 6.04 Å². The van der Waals surface area contributed by atoms with Crippen LogP contribution in [0.2, 0.25) is 0 Å². The molecule has 0 spiro atoms. The first-order valence-corrected chi connectivity index (χ1v) is 4.89. The van der Waals surface area contributed by atoms with Crippen LogP contribution in [0.4, 0.5) is 0 Å². The third-order valence-corrected chi connectivity index (χ3v) is 2.31. The quantitative estimate of drug-likeness (QED) is 0.748. The zero-order valence-corrected chi connectivity index (χ0v) is 8.35. The first kappa shape index (κ1) is 10.2. The molecule has 1 rings (SSSR count). The van der Waals surface area contributed by atoms with Gasteiger partial charge < -0.3 is 5.73 Å². The summed E-state index contributed by atoms with van der Waals surface area (Å²) in [4.78, 5) is 3.93. The van der Waals surface area contributed by atoms with Crippen molar-refractivity contribution < 1.29 is 0 Å². The highest BCUT2D eigenvalue weighted by atomic mass is 15.3. The molecule has 1 aromatic rings. The largest absolute Gasteiger partial charge is 0.326 e. The Kier molecular flexibility index (Phi) is 3.89. The Morgan fingerprint density at radius 1 is 1.46 bits per heavy atom. The van der Waals surface area contributed by atoms with Crippen molar-refractivity contribution >= 4 is 0 Å². The maximum absolute atomic E-state index is 6.04. The standard InChI is InChI=1S/C9H18N4/c1-3-5-8(10)9(4-2)13-7-11-6-12-13/h6-9H,3-5,10H2,1-2H3. The Morgan fingerprint density at radius 2 is 2.23 bits per heavy atom. The van der Waals surface area contributed by atoms with Gasteiger partial charge in [0.25, 0.3) is 0 Å². The molecule has 1 heterocycles. The lowest BCUT2D eigenvalue weighted by atomic mass is 10.0. The van der Waals surface area contributed by atoms with Crippen molar-refractivity contribution in [3.8, 4) is 0 Å². The lowest BCUT2D eigenvalue weighted by molar-refractivity contribution is 0.349. The number of aromatic nitrogens is 3. The first-order chi connectivity index (χ1) is 6.29. The molecular weight excluding hydrogens is 164 g/mol. The van der Waals surface area contributed by atoms with Crippen LogP contribution in [-0.4, -0.2) is 20.8 Å². The third kappa shape index (κ3) is 2.52. The topological polar surface area (TPSA) is 56.7 Å². The van der Waals surface area contributed by atoms with Gasteiger partial charge >= 0.3 is 0 Å². The van der Waals surface area contributed by atoms with Gasteiger partial charge in [0.2, 0.25) is 0 Å². The Bertz CT molecular complexity index is 220. The molecule has 2 unspecified atom stereocenters. The summed E-state index contributed by atoms with van der Waals surface area (Å²) in [6.45, 7) is 4.27. The number of hydrogen-bond acceptors (Lipinski definition) is 3. The van der Waals surface area contributed by atoms with Crippen molar-refractivity contribution in [3.05, 3.63) is 12.7 Å². The maximum atomic E-state index is 6.04. The van der Waals surface area contributed by atoms with E-state index < -0.39 is 0 Å². The molecule has 4 heteroatoms. The third-order valence-electron chi connectivity index (χ3n) is 2.31. The van der Waals surface area contributed by atoms with E-state index in [4.69, 9.17) is 5.73 Å². The summed E-state index contributed by atoms with van der Waals surface area (Å²) in [7, 11) is 0. The van der Waals surface area contributed by atoms with Crippen LogP contribution in [0.1, 0.15) is 39.2 Å². The highest BCUT2D eigenvalue weighted by Gasteiger charge is 2.16. The fraction of sp³-hybridized carbons (Fsp3) is 0.778. The van der Waals surface area contributed by atoms with Gasteiger partial charge in [-0.1, -0.05) is 20.3 Å². The van der Waals surface area contributed by atoms with Crippen molar-refractivity contribution in [2.45, 2.75) is 45.2 Å². The molecule has 2 N–H and O–H groups in total. The Morgan fingerprint density at radius 3 is 2.69 bits per heavy atom. The highest BCUT2D eigenvalue weighted by Crippen LogP contribution is 2.15. The van der Waals surface area contributed by atoms with E-state index in [2.05, 4.69) is 23.9 Å². The first-order valence-electron chi connectivity index (χ1n) is 4.89. The minimum absolute atomic E-state index is 0.191. The highest BCUT2D eigenvalue weighted by molar-refractivity contribution is 4.77. The number of nitrogens with zero attached hydrogens (tertiary/aromatic N) is 3. The van der Waals surface area contributed by atoms with E-state index in [1.165, 1.54) is 0 Å². The van der Waals surface area contributed by atoms with Crippen LogP contribution in [0.25, 0.3) is 0 Å². The molecule has 0 saturated heterocycles. The van der Waals surface area contributed by atoms with Gasteiger partial charge in [-0.15, -0.1) is 0 Å². The molecule has 0 radical (unpaired) electrons.